The third-order valence-electron chi connectivity index (χ3n) is 7.75. The minimum Gasteiger partial charge on any atom is -0.308 e. The zero-order chi connectivity index (χ0) is 28.2. The maximum Gasteiger partial charge on any atom is 0.263 e. The Balaban J connectivity index is 1.57. The molecule has 1 aliphatic rings. The largest absolute Gasteiger partial charge is 0.308 e. The summed E-state index contributed by atoms with van der Waals surface area (Å²) < 4.78 is 2.04. The summed E-state index contributed by atoms with van der Waals surface area (Å²) in [6.45, 7) is 0. The molecule has 41 heavy (non-hydrogen) atoms. The number of amides is 2. The van der Waals surface area contributed by atoms with Crippen LogP contribution in [0, 0.1) is 22.7 Å². The second-order valence-corrected chi connectivity index (χ2v) is 10.1. The first-order chi connectivity index (χ1) is 20.0. The summed E-state index contributed by atoms with van der Waals surface area (Å²) >= 11 is 0. The molecule has 0 unspecified atom stereocenters. The van der Waals surface area contributed by atoms with E-state index in [0.29, 0.717) is 27.9 Å². The predicted octanol–water partition coefficient (Wildman–Crippen LogP) is 7.09. The molecular formula is C35H20N4O2. The van der Waals surface area contributed by atoms with Crippen LogP contribution in [-0.2, 0) is 0 Å². The highest BCUT2D eigenvalue weighted by Gasteiger charge is 2.35. The van der Waals surface area contributed by atoms with Gasteiger partial charge < -0.3 is 4.57 Å². The van der Waals surface area contributed by atoms with Crippen molar-refractivity contribution in [3.05, 3.63) is 125 Å². The van der Waals surface area contributed by atoms with Gasteiger partial charge in [-0.25, -0.2) is 0 Å². The Labute approximate surface area is 235 Å². The van der Waals surface area contributed by atoms with Crippen molar-refractivity contribution in [3.63, 3.8) is 0 Å². The first kappa shape index (κ1) is 24.1. The molecule has 6 aromatic rings. The number of rotatable bonds is 3. The highest BCUT2D eigenvalue weighted by Crippen LogP contribution is 2.39. The van der Waals surface area contributed by atoms with E-state index >= 15 is 0 Å². The molecule has 0 N–H and O–H groups in total. The van der Waals surface area contributed by atoms with Gasteiger partial charge in [-0.15, -0.1) is 0 Å². The van der Waals surface area contributed by atoms with Gasteiger partial charge >= 0.3 is 0 Å². The SMILES string of the molecule is CN1C(=O)c2cccc(-n3c4cc(-c5cccc(C#N)c5)ccc4c4ccc(-c5cccc(C#N)c5)cc43)c2C1=O. The standard InChI is InChI=1S/C35H20N4O2/c1-38-34(40)29-9-4-10-30(33(29)35(38)41)39-31-17-25(23-7-2-5-21(15-23)19-36)11-13-27(31)28-14-12-26(18-32(28)39)24-8-3-6-22(16-24)20-37/h2-18H,1H3. The molecule has 6 heteroatoms. The Morgan fingerprint density at radius 2 is 1.10 bits per heavy atom. The molecule has 0 saturated heterocycles. The number of benzene rings is 5. The van der Waals surface area contributed by atoms with Crippen LogP contribution >= 0.6 is 0 Å². The normalized spacial score (nSPS) is 12.5. The number of aromatic nitrogens is 1. The maximum atomic E-state index is 13.3. The van der Waals surface area contributed by atoms with Crippen LogP contribution in [0.25, 0.3) is 49.7 Å². The average Bonchev–Trinajstić information content (AvgIpc) is 3.47. The lowest BCUT2D eigenvalue weighted by molar-refractivity contribution is 0.0693. The van der Waals surface area contributed by atoms with Gasteiger partial charge in [0, 0.05) is 17.8 Å². The zero-order valence-corrected chi connectivity index (χ0v) is 21.9. The van der Waals surface area contributed by atoms with Crippen LogP contribution in [0.2, 0.25) is 0 Å². The number of carbonyl (C=O) groups is 2. The van der Waals surface area contributed by atoms with Crippen molar-refractivity contribution in [2.45, 2.75) is 0 Å². The summed E-state index contributed by atoms with van der Waals surface area (Å²) in [6, 6.07) is 37.0. The molecule has 0 bridgehead atoms. The molecule has 0 aliphatic carbocycles. The summed E-state index contributed by atoms with van der Waals surface area (Å²) in [6.07, 6.45) is 0. The Morgan fingerprint density at radius 3 is 1.63 bits per heavy atom. The van der Waals surface area contributed by atoms with E-state index in [1.165, 1.54) is 7.05 Å². The summed E-state index contributed by atoms with van der Waals surface area (Å²) in [7, 11) is 1.50. The zero-order valence-electron chi connectivity index (χ0n) is 21.9. The number of imide groups is 1. The van der Waals surface area contributed by atoms with Crippen LogP contribution in [0.3, 0.4) is 0 Å². The van der Waals surface area contributed by atoms with Crippen LogP contribution in [0.4, 0.5) is 0 Å². The van der Waals surface area contributed by atoms with Crippen molar-refractivity contribution < 1.29 is 9.59 Å². The van der Waals surface area contributed by atoms with Gasteiger partial charge in [0.1, 0.15) is 0 Å². The van der Waals surface area contributed by atoms with Crippen LogP contribution in [-0.4, -0.2) is 28.3 Å². The van der Waals surface area contributed by atoms with Crippen molar-refractivity contribution in [1.82, 2.24) is 9.47 Å². The Kier molecular flexibility index (Phi) is 5.32. The van der Waals surface area contributed by atoms with E-state index in [9.17, 15) is 20.1 Å². The third kappa shape index (κ3) is 3.63. The lowest BCUT2D eigenvalue weighted by Crippen LogP contribution is -2.24. The quantitative estimate of drug-likeness (QED) is 0.229. The summed E-state index contributed by atoms with van der Waals surface area (Å²) in [4.78, 5) is 27.4. The number of hydrogen-bond acceptors (Lipinski definition) is 4. The van der Waals surface area contributed by atoms with Crippen LogP contribution in [0.5, 0.6) is 0 Å². The van der Waals surface area contributed by atoms with Crippen molar-refractivity contribution in [2.24, 2.45) is 0 Å². The van der Waals surface area contributed by atoms with Crippen LogP contribution in [0.1, 0.15) is 31.8 Å². The minimum atomic E-state index is -0.341. The lowest BCUT2D eigenvalue weighted by atomic mass is 10.0. The molecule has 1 aromatic heterocycles. The molecule has 192 valence electrons. The van der Waals surface area contributed by atoms with Gasteiger partial charge in [0.15, 0.2) is 0 Å². The second-order valence-electron chi connectivity index (χ2n) is 10.1. The highest BCUT2D eigenvalue weighted by molar-refractivity contribution is 6.23. The molecule has 1 aliphatic heterocycles. The van der Waals surface area contributed by atoms with Gasteiger partial charge in [0.05, 0.1) is 51.1 Å². The summed E-state index contributed by atoms with van der Waals surface area (Å²) in [5.41, 5.74) is 7.89. The Bertz CT molecular complexity index is 2080. The molecule has 0 atom stereocenters. The fourth-order valence-corrected chi connectivity index (χ4v) is 5.74. The molecule has 2 amide bonds. The van der Waals surface area contributed by atoms with Gasteiger partial charge in [0.2, 0.25) is 0 Å². The van der Waals surface area contributed by atoms with Gasteiger partial charge in [-0.05, 0) is 70.8 Å². The Morgan fingerprint density at radius 1 is 0.585 bits per heavy atom. The van der Waals surface area contributed by atoms with Crippen LogP contribution in [0.15, 0.2) is 103 Å². The smallest absolute Gasteiger partial charge is 0.263 e. The highest BCUT2D eigenvalue weighted by atomic mass is 16.2. The number of nitrogens with zero attached hydrogens (tertiary/aromatic N) is 4. The first-order valence-electron chi connectivity index (χ1n) is 13.0. The van der Waals surface area contributed by atoms with E-state index in [1.807, 2.05) is 59.2 Å². The Hall–Kier alpha value is -5.98. The van der Waals surface area contributed by atoms with E-state index in [1.54, 1.807) is 24.3 Å². The number of carbonyl (C=O) groups excluding carboxylic acids is 2. The summed E-state index contributed by atoms with van der Waals surface area (Å²) in [5, 5.41) is 20.9. The van der Waals surface area contributed by atoms with E-state index < -0.39 is 0 Å². The molecule has 0 saturated carbocycles. The van der Waals surface area contributed by atoms with Crippen molar-refractivity contribution in [2.75, 3.05) is 7.05 Å². The molecule has 0 spiro atoms. The number of fused-ring (bicyclic) bond motifs is 4. The van der Waals surface area contributed by atoms with Crippen molar-refractivity contribution in [3.8, 4) is 40.1 Å². The summed E-state index contributed by atoms with van der Waals surface area (Å²) in [5.74, 6) is -0.665. The third-order valence-corrected chi connectivity index (χ3v) is 7.75. The van der Waals surface area contributed by atoms with E-state index in [4.69, 9.17) is 0 Å². The molecular weight excluding hydrogens is 508 g/mol. The van der Waals surface area contributed by atoms with Gasteiger partial charge in [-0.3, -0.25) is 14.5 Å². The molecule has 0 fully saturated rings. The molecule has 2 heterocycles. The van der Waals surface area contributed by atoms with Crippen LogP contribution < -0.4 is 0 Å². The second kappa shape index (κ2) is 9.05. The van der Waals surface area contributed by atoms with Gasteiger partial charge in [-0.1, -0.05) is 54.6 Å². The fourth-order valence-electron chi connectivity index (χ4n) is 5.74. The van der Waals surface area contributed by atoms with Gasteiger partial charge in [-0.2, -0.15) is 10.5 Å². The van der Waals surface area contributed by atoms with E-state index in [0.717, 1.165) is 49.0 Å². The van der Waals surface area contributed by atoms with E-state index in [-0.39, 0.29) is 11.8 Å². The van der Waals surface area contributed by atoms with Crippen molar-refractivity contribution >= 4 is 33.6 Å². The fraction of sp³-hybridized carbons (Fsp3) is 0.0286. The minimum absolute atomic E-state index is 0.323. The predicted molar refractivity (Wildman–Crippen MR) is 158 cm³/mol. The number of nitriles is 2. The van der Waals surface area contributed by atoms with Gasteiger partial charge in [0.25, 0.3) is 11.8 Å². The topological polar surface area (TPSA) is 89.9 Å². The monoisotopic (exact) mass is 528 g/mol. The molecule has 6 nitrogen and oxygen atoms in total. The molecule has 7 rings (SSSR count). The van der Waals surface area contributed by atoms with E-state index in [2.05, 4.69) is 36.4 Å². The average molecular weight is 529 g/mol. The molecule has 5 aromatic carbocycles. The molecule has 0 radical (unpaired) electrons. The lowest BCUT2D eigenvalue weighted by Gasteiger charge is -2.13. The van der Waals surface area contributed by atoms with Crippen molar-refractivity contribution in [1.29, 1.82) is 10.5 Å². The maximum absolute atomic E-state index is 13.3. The number of hydrogen-bond donors (Lipinski definition) is 0. The first-order valence-corrected chi connectivity index (χ1v) is 13.0.